The van der Waals surface area contributed by atoms with Crippen LogP contribution in [-0.2, 0) is 5.54 Å². The molecule has 0 aliphatic carbocycles. The Bertz CT molecular complexity index is 698. The summed E-state index contributed by atoms with van der Waals surface area (Å²) in [7, 11) is 1.93. The van der Waals surface area contributed by atoms with Crippen molar-refractivity contribution in [2.45, 2.75) is 19.4 Å². The molecule has 1 N–H and O–H groups in total. The third-order valence-electron chi connectivity index (χ3n) is 3.18. The van der Waals surface area contributed by atoms with Crippen LogP contribution in [0.15, 0.2) is 30.3 Å². The largest absolute Gasteiger partial charge is 0.309 e. The van der Waals surface area contributed by atoms with Crippen LogP contribution < -0.4 is 5.32 Å². The highest BCUT2D eigenvalue weighted by Crippen LogP contribution is 2.27. The third kappa shape index (κ3) is 2.02. The van der Waals surface area contributed by atoms with Gasteiger partial charge in [0.1, 0.15) is 5.01 Å². The Morgan fingerprint density at radius 2 is 1.89 bits per heavy atom. The minimum atomic E-state index is -0.167. The van der Waals surface area contributed by atoms with Gasteiger partial charge >= 0.3 is 0 Å². The summed E-state index contributed by atoms with van der Waals surface area (Å²) >= 11 is 1.56. The SMILES string of the molecule is CNC(C)(C)c1nn2c(-c3ccccc3)nnc2s1. The van der Waals surface area contributed by atoms with E-state index in [0.717, 1.165) is 21.4 Å². The molecule has 0 spiro atoms. The molecule has 0 saturated heterocycles. The van der Waals surface area contributed by atoms with Crippen molar-refractivity contribution < 1.29 is 0 Å². The van der Waals surface area contributed by atoms with Crippen molar-refractivity contribution in [2.75, 3.05) is 7.05 Å². The summed E-state index contributed by atoms with van der Waals surface area (Å²) in [4.78, 5) is 0.817. The van der Waals surface area contributed by atoms with Crippen LogP contribution in [0.4, 0.5) is 0 Å². The maximum Gasteiger partial charge on any atom is 0.235 e. The summed E-state index contributed by atoms with van der Waals surface area (Å²) in [6.45, 7) is 4.20. The topological polar surface area (TPSA) is 55.1 Å². The highest BCUT2D eigenvalue weighted by Gasteiger charge is 2.24. The number of rotatable bonds is 3. The highest BCUT2D eigenvalue weighted by atomic mass is 32.1. The van der Waals surface area contributed by atoms with Crippen LogP contribution >= 0.6 is 11.3 Å². The Morgan fingerprint density at radius 1 is 1.16 bits per heavy atom. The molecule has 2 aromatic heterocycles. The molecule has 0 amide bonds. The first-order valence-corrected chi connectivity index (χ1v) is 6.90. The molecule has 0 bridgehead atoms. The van der Waals surface area contributed by atoms with Crippen molar-refractivity contribution in [3.63, 3.8) is 0 Å². The van der Waals surface area contributed by atoms with Gasteiger partial charge < -0.3 is 5.32 Å². The summed E-state index contributed by atoms with van der Waals surface area (Å²) in [5, 5.41) is 17.3. The maximum absolute atomic E-state index is 4.64. The minimum absolute atomic E-state index is 0.167. The fraction of sp³-hybridized carbons (Fsp3) is 0.308. The molecular weight excluding hydrogens is 258 g/mol. The van der Waals surface area contributed by atoms with Crippen LogP contribution in [0, 0.1) is 0 Å². The molecule has 2 heterocycles. The Morgan fingerprint density at radius 3 is 2.58 bits per heavy atom. The quantitative estimate of drug-likeness (QED) is 0.795. The van der Waals surface area contributed by atoms with E-state index in [4.69, 9.17) is 0 Å². The number of hydrogen-bond acceptors (Lipinski definition) is 5. The number of aromatic nitrogens is 4. The fourth-order valence-electron chi connectivity index (χ4n) is 1.74. The average molecular weight is 273 g/mol. The van der Waals surface area contributed by atoms with Gasteiger partial charge in [0, 0.05) is 5.56 Å². The number of fused-ring (bicyclic) bond motifs is 1. The van der Waals surface area contributed by atoms with Gasteiger partial charge in [-0.25, -0.2) is 0 Å². The van der Waals surface area contributed by atoms with Gasteiger partial charge in [0.2, 0.25) is 4.96 Å². The Kier molecular flexibility index (Phi) is 2.83. The fourth-order valence-corrected chi connectivity index (χ4v) is 2.69. The average Bonchev–Trinajstić information content (AvgIpc) is 2.99. The second-order valence-corrected chi connectivity index (χ2v) is 5.82. The van der Waals surface area contributed by atoms with E-state index >= 15 is 0 Å². The van der Waals surface area contributed by atoms with Crippen molar-refractivity contribution in [3.05, 3.63) is 35.3 Å². The second kappa shape index (κ2) is 4.40. The van der Waals surface area contributed by atoms with E-state index in [1.165, 1.54) is 0 Å². The summed E-state index contributed by atoms with van der Waals surface area (Å²) in [6, 6.07) is 9.98. The van der Waals surface area contributed by atoms with Gasteiger partial charge in [0.25, 0.3) is 0 Å². The smallest absolute Gasteiger partial charge is 0.235 e. The Labute approximate surface area is 115 Å². The predicted molar refractivity (Wildman–Crippen MR) is 76.2 cm³/mol. The van der Waals surface area contributed by atoms with Gasteiger partial charge in [-0.3, -0.25) is 0 Å². The van der Waals surface area contributed by atoms with E-state index in [0.29, 0.717) is 0 Å². The lowest BCUT2D eigenvalue weighted by molar-refractivity contribution is 0.437. The maximum atomic E-state index is 4.64. The molecule has 0 aliphatic rings. The van der Waals surface area contributed by atoms with Crippen molar-refractivity contribution in [1.29, 1.82) is 0 Å². The van der Waals surface area contributed by atoms with Gasteiger partial charge in [0.05, 0.1) is 5.54 Å². The summed E-state index contributed by atoms with van der Waals surface area (Å²) < 4.78 is 1.81. The summed E-state index contributed by atoms with van der Waals surface area (Å²) in [5.74, 6) is 0.782. The molecule has 0 atom stereocenters. The molecule has 0 unspecified atom stereocenters. The highest BCUT2D eigenvalue weighted by molar-refractivity contribution is 7.16. The van der Waals surface area contributed by atoms with Crippen molar-refractivity contribution in [1.82, 2.24) is 25.1 Å². The monoisotopic (exact) mass is 273 g/mol. The summed E-state index contributed by atoms with van der Waals surface area (Å²) in [6.07, 6.45) is 0. The molecule has 19 heavy (non-hydrogen) atoms. The van der Waals surface area contributed by atoms with Crippen LogP contribution in [0.1, 0.15) is 18.9 Å². The molecule has 0 fully saturated rings. The van der Waals surface area contributed by atoms with E-state index in [1.807, 2.05) is 41.9 Å². The molecule has 98 valence electrons. The van der Waals surface area contributed by atoms with Crippen LogP contribution in [0.5, 0.6) is 0 Å². The van der Waals surface area contributed by atoms with Crippen molar-refractivity contribution >= 4 is 16.3 Å². The van der Waals surface area contributed by atoms with Crippen molar-refractivity contribution in [3.8, 4) is 11.4 Å². The lowest BCUT2D eigenvalue weighted by Crippen LogP contribution is -2.33. The number of benzene rings is 1. The summed E-state index contributed by atoms with van der Waals surface area (Å²) in [5.41, 5.74) is 0.855. The lowest BCUT2D eigenvalue weighted by atomic mass is 10.1. The van der Waals surface area contributed by atoms with E-state index in [2.05, 4.69) is 34.5 Å². The normalized spacial score (nSPS) is 12.2. The van der Waals surface area contributed by atoms with Gasteiger partial charge in [0.15, 0.2) is 5.82 Å². The van der Waals surface area contributed by atoms with E-state index in [9.17, 15) is 0 Å². The number of hydrogen-bond donors (Lipinski definition) is 1. The van der Waals surface area contributed by atoms with Crippen LogP contribution in [0.2, 0.25) is 0 Å². The van der Waals surface area contributed by atoms with E-state index in [-0.39, 0.29) is 5.54 Å². The molecule has 3 rings (SSSR count). The zero-order valence-corrected chi connectivity index (χ0v) is 11.9. The zero-order valence-electron chi connectivity index (χ0n) is 11.1. The van der Waals surface area contributed by atoms with Gasteiger partial charge in [-0.1, -0.05) is 41.7 Å². The molecule has 0 radical (unpaired) electrons. The van der Waals surface area contributed by atoms with Crippen LogP contribution in [0.25, 0.3) is 16.3 Å². The van der Waals surface area contributed by atoms with Crippen LogP contribution in [0.3, 0.4) is 0 Å². The first-order valence-electron chi connectivity index (χ1n) is 6.09. The van der Waals surface area contributed by atoms with Crippen LogP contribution in [-0.4, -0.2) is 26.9 Å². The first-order chi connectivity index (χ1) is 9.12. The van der Waals surface area contributed by atoms with Crippen molar-refractivity contribution in [2.24, 2.45) is 0 Å². The molecule has 3 aromatic rings. The standard InChI is InChI=1S/C13H15N5S/c1-13(2,14-3)11-17-18-10(15-16-12(18)19-11)9-7-5-4-6-8-9/h4-8,14H,1-3H3. The van der Waals surface area contributed by atoms with E-state index in [1.54, 1.807) is 11.3 Å². The predicted octanol–water partition coefficient (Wildman–Crippen LogP) is 2.31. The van der Waals surface area contributed by atoms with Gasteiger partial charge in [-0.15, -0.1) is 10.2 Å². The molecule has 5 nitrogen and oxygen atoms in total. The Hall–Kier alpha value is -1.79. The zero-order chi connectivity index (χ0) is 13.5. The van der Waals surface area contributed by atoms with Gasteiger partial charge in [-0.05, 0) is 20.9 Å². The minimum Gasteiger partial charge on any atom is -0.309 e. The molecule has 6 heteroatoms. The number of nitrogens with zero attached hydrogens (tertiary/aromatic N) is 4. The molecule has 1 aromatic carbocycles. The molecular formula is C13H15N5S. The van der Waals surface area contributed by atoms with Gasteiger partial charge in [-0.2, -0.15) is 9.61 Å². The lowest BCUT2D eigenvalue weighted by Gasteiger charge is -2.19. The third-order valence-corrected chi connectivity index (χ3v) is 4.40. The Balaban J connectivity index is 2.14. The molecule has 0 aliphatic heterocycles. The second-order valence-electron chi connectivity index (χ2n) is 4.87. The van der Waals surface area contributed by atoms with E-state index < -0.39 is 0 Å². The number of nitrogens with one attached hydrogen (secondary N) is 1. The molecule has 0 saturated carbocycles. The first kappa shape index (κ1) is 12.3.